The van der Waals surface area contributed by atoms with E-state index in [4.69, 9.17) is 17.3 Å². The van der Waals surface area contributed by atoms with E-state index in [1.54, 1.807) is 23.1 Å². The molecule has 1 aliphatic heterocycles. The molecular weight excluding hydrogens is 464 g/mol. The molecule has 0 spiro atoms. The number of benzene rings is 1. The number of thiophene rings is 1. The molecule has 1 aromatic carbocycles. The van der Waals surface area contributed by atoms with Crippen LogP contribution in [-0.2, 0) is 20.9 Å². The van der Waals surface area contributed by atoms with Gasteiger partial charge >= 0.3 is 0 Å². The number of fused-ring (bicyclic) bond motifs is 1. The fraction of sp³-hybridized carbons (Fsp3) is 0.227. The van der Waals surface area contributed by atoms with Gasteiger partial charge < -0.3 is 20.9 Å². The van der Waals surface area contributed by atoms with Gasteiger partial charge in [0.25, 0.3) is 5.91 Å². The number of nitrogens with one attached hydrogen (secondary N) is 1. The van der Waals surface area contributed by atoms with Crippen molar-refractivity contribution in [3.63, 3.8) is 0 Å². The predicted molar refractivity (Wildman–Crippen MR) is 127 cm³/mol. The van der Waals surface area contributed by atoms with Crippen LogP contribution in [0.4, 0.5) is 5.82 Å². The number of piperazine rings is 1. The smallest absolute Gasteiger partial charge is 0.270 e. The van der Waals surface area contributed by atoms with Crippen LogP contribution in [0.2, 0.25) is 4.34 Å². The zero-order chi connectivity index (χ0) is 23.5. The van der Waals surface area contributed by atoms with Crippen LogP contribution >= 0.6 is 22.9 Å². The highest BCUT2D eigenvalue weighted by Gasteiger charge is 2.29. The summed E-state index contributed by atoms with van der Waals surface area (Å²) in [4.78, 5) is 49.5. The van der Waals surface area contributed by atoms with Gasteiger partial charge in [0.05, 0.1) is 9.85 Å². The number of nitrogen functional groups attached to an aromatic ring is 1. The van der Waals surface area contributed by atoms with Gasteiger partial charge in [-0.25, -0.2) is 9.97 Å². The number of amides is 3. The summed E-state index contributed by atoms with van der Waals surface area (Å²) in [7, 11) is 0. The second kappa shape index (κ2) is 9.55. The average Bonchev–Trinajstić information content (AvgIpc) is 3.18. The van der Waals surface area contributed by atoms with Crippen LogP contribution in [0.3, 0.4) is 0 Å². The summed E-state index contributed by atoms with van der Waals surface area (Å²) in [5.41, 5.74) is 7.59. The van der Waals surface area contributed by atoms with Gasteiger partial charge in [-0.05, 0) is 35.9 Å². The number of rotatable bonds is 5. The standard InChI is InChI=1S/C22H21ClN6O3S/c1-13(30)27-18(9-15-3-5-19(23)33-15)22(32)29-7-6-28(20(31)11-29)10-14-2-4-16-17(8-14)25-12-26-21(16)24/h2-5,8-9,12H,6-7,10-11H2,1H3,(H,27,30)(H2,24,25,26)/b18-9-. The van der Waals surface area contributed by atoms with Crippen molar-refractivity contribution >= 4 is 63.5 Å². The highest BCUT2D eigenvalue weighted by molar-refractivity contribution is 7.17. The molecule has 0 bridgehead atoms. The molecule has 0 atom stereocenters. The van der Waals surface area contributed by atoms with Crippen LogP contribution in [0, 0.1) is 0 Å². The highest BCUT2D eigenvalue weighted by Crippen LogP contribution is 2.24. The van der Waals surface area contributed by atoms with E-state index >= 15 is 0 Å². The molecule has 33 heavy (non-hydrogen) atoms. The molecule has 3 aromatic rings. The predicted octanol–water partition coefficient (Wildman–Crippen LogP) is 2.27. The van der Waals surface area contributed by atoms with E-state index in [1.807, 2.05) is 18.2 Å². The number of hydrogen-bond acceptors (Lipinski definition) is 7. The van der Waals surface area contributed by atoms with Gasteiger partial charge in [0.15, 0.2) is 0 Å². The summed E-state index contributed by atoms with van der Waals surface area (Å²) >= 11 is 7.25. The number of nitrogens with zero attached hydrogens (tertiary/aromatic N) is 4. The van der Waals surface area contributed by atoms with Gasteiger partial charge in [-0.2, -0.15) is 0 Å². The molecule has 1 saturated heterocycles. The van der Waals surface area contributed by atoms with E-state index < -0.39 is 5.91 Å². The lowest BCUT2D eigenvalue weighted by Crippen LogP contribution is -2.53. The van der Waals surface area contributed by atoms with Gasteiger partial charge in [0.2, 0.25) is 11.8 Å². The summed E-state index contributed by atoms with van der Waals surface area (Å²) < 4.78 is 0.572. The third-order valence-electron chi connectivity index (χ3n) is 5.13. The normalized spacial score (nSPS) is 14.6. The zero-order valence-electron chi connectivity index (χ0n) is 17.7. The van der Waals surface area contributed by atoms with E-state index in [0.29, 0.717) is 35.3 Å². The molecule has 0 saturated carbocycles. The molecule has 0 radical (unpaired) electrons. The van der Waals surface area contributed by atoms with E-state index in [0.717, 1.165) is 15.8 Å². The second-order valence-electron chi connectivity index (χ2n) is 7.53. The zero-order valence-corrected chi connectivity index (χ0v) is 19.3. The monoisotopic (exact) mass is 484 g/mol. The first-order chi connectivity index (χ1) is 15.8. The summed E-state index contributed by atoms with van der Waals surface area (Å²) in [6.07, 6.45) is 2.97. The third kappa shape index (κ3) is 5.29. The Bertz CT molecular complexity index is 1270. The molecule has 170 valence electrons. The third-order valence-corrected chi connectivity index (χ3v) is 6.31. The molecule has 3 heterocycles. The van der Waals surface area contributed by atoms with Gasteiger partial charge in [0, 0.05) is 36.8 Å². The Morgan fingerprint density at radius 1 is 1.24 bits per heavy atom. The van der Waals surface area contributed by atoms with Gasteiger partial charge in [0.1, 0.15) is 24.4 Å². The Hall–Kier alpha value is -3.50. The molecule has 0 unspecified atom stereocenters. The maximum atomic E-state index is 13.1. The molecule has 4 rings (SSSR count). The van der Waals surface area contributed by atoms with Crippen molar-refractivity contribution in [3.8, 4) is 0 Å². The van der Waals surface area contributed by atoms with Crippen molar-refractivity contribution in [2.24, 2.45) is 0 Å². The fourth-order valence-corrected chi connectivity index (χ4v) is 4.55. The molecule has 1 fully saturated rings. The Morgan fingerprint density at radius 3 is 2.76 bits per heavy atom. The number of nitrogens with two attached hydrogens (primary N) is 1. The SMILES string of the molecule is CC(=O)N/C(=C\c1ccc(Cl)s1)C(=O)N1CCN(Cc2ccc3c(N)ncnc3c2)C(=O)C1. The van der Waals surface area contributed by atoms with Crippen molar-refractivity contribution < 1.29 is 14.4 Å². The summed E-state index contributed by atoms with van der Waals surface area (Å²) in [5.74, 6) is -0.565. The van der Waals surface area contributed by atoms with Crippen LogP contribution in [0.25, 0.3) is 17.0 Å². The molecule has 2 aromatic heterocycles. The first-order valence-electron chi connectivity index (χ1n) is 10.1. The van der Waals surface area contributed by atoms with E-state index in [-0.39, 0.29) is 24.1 Å². The van der Waals surface area contributed by atoms with Crippen LogP contribution < -0.4 is 11.1 Å². The lowest BCUT2D eigenvalue weighted by atomic mass is 10.1. The van der Waals surface area contributed by atoms with Gasteiger partial charge in [-0.15, -0.1) is 11.3 Å². The largest absolute Gasteiger partial charge is 0.383 e. The minimum atomic E-state index is -0.416. The van der Waals surface area contributed by atoms with E-state index in [2.05, 4.69) is 15.3 Å². The van der Waals surface area contributed by atoms with Crippen LogP contribution in [0.15, 0.2) is 42.4 Å². The number of hydrogen-bond donors (Lipinski definition) is 2. The van der Waals surface area contributed by atoms with Crippen molar-refractivity contribution in [1.29, 1.82) is 0 Å². The Balaban J connectivity index is 1.45. The van der Waals surface area contributed by atoms with Crippen molar-refractivity contribution in [3.05, 3.63) is 57.1 Å². The Labute approximate surface area is 198 Å². The molecule has 1 aliphatic rings. The van der Waals surface area contributed by atoms with Gasteiger partial charge in [-0.3, -0.25) is 14.4 Å². The van der Waals surface area contributed by atoms with Crippen LogP contribution in [0.5, 0.6) is 0 Å². The van der Waals surface area contributed by atoms with Crippen LogP contribution in [0.1, 0.15) is 17.4 Å². The summed E-state index contributed by atoms with van der Waals surface area (Å²) in [6.45, 7) is 2.35. The summed E-state index contributed by atoms with van der Waals surface area (Å²) in [6, 6.07) is 9.07. The first-order valence-corrected chi connectivity index (χ1v) is 11.3. The second-order valence-corrected chi connectivity index (χ2v) is 9.28. The summed E-state index contributed by atoms with van der Waals surface area (Å²) in [5, 5.41) is 3.33. The highest BCUT2D eigenvalue weighted by atomic mass is 35.5. The van der Waals surface area contributed by atoms with E-state index in [1.165, 1.54) is 29.5 Å². The molecule has 3 N–H and O–H groups in total. The lowest BCUT2D eigenvalue weighted by molar-refractivity contribution is -0.144. The van der Waals surface area contributed by atoms with Crippen molar-refractivity contribution in [2.75, 3.05) is 25.4 Å². The molecule has 11 heteroatoms. The number of carbonyl (C=O) groups excluding carboxylic acids is 3. The average molecular weight is 485 g/mol. The number of aromatic nitrogens is 2. The number of carbonyl (C=O) groups is 3. The topological polar surface area (TPSA) is 122 Å². The quantitative estimate of drug-likeness (QED) is 0.536. The molecule has 0 aliphatic carbocycles. The fourth-order valence-electron chi connectivity index (χ4n) is 3.55. The van der Waals surface area contributed by atoms with E-state index in [9.17, 15) is 14.4 Å². The van der Waals surface area contributed by atoms with Crippen LogP contribution in [-0.4, -0.2) is 57.1 Å². The maximum absolute atomic E-state index is 13.1. The van der Waals surface area contributed by atoms with Crippen molar-refractivity contribution in [2.45, 2.75) is 13.5 Å². The lowest BCUT2D eigenvalue weighted by Gasteiger charge is -2.34. The van der Waals surface area contributed by atoms with Gasteiger partial charge in [-0.1, -0.05) is 17.7 Å². The number of anilines is 1. The number of halogens is 1. The van der Waals surface area contributed by atoms with Crippen molar-refractivity contribution in [1.82, 2.24) is 25.1 Å². The maximum Gasteiger partial charge on any atom is 0.270 e. The Morgan fingerprint density at radius 2 is 2.06 bits per heavy atom. The molecule has 3 amide bonds. The molecular formula is C22H21ClN6O3S. The first kappa shape index (κ1) is 22.7. The Kier molecular flexibility index (Phi) is 6.57. The minimum absolute atomic E-state index is 0.0797. The minimum Gasteiger partial charge on any atom is -0.383 e. The molecule has 9 nitrogen and oxygen atoms in total.